The third kappa shape index (κ3) is 4.81. The van der Waals surface area contributed by atoms with Crippen molar-refractivity contribution < 1.29 is 23.1 Å². The molecule has 0 bridgehead atoms. The Labute approximate surface area is 179 Å². The number of nitrogens with zero attached hydrogens (tertiary/aromatic N) is 1. The van der Waals surface area contributed by atoms with Crippen LogP contribution in [0.3, 0.4) is 0 Å². The molecule has 10 heteroatoms. The quantitative estimate of drug-likeness (QED) is 0.550. The first-order valence-corrected chi connectivity index (χ1v) is 11.2. The molecule has 2 aromatic carbocycles. The Balaban J connectivity index is 1.98. The highest BCUT2D eigenvalue weighted by Gasteiger charge is 2.45. The molecule has 1 fully saturated rings. The number of halogens is 1. The first-order chi connectivity index (χ1) is 14.2. The standard InChI is InChI=1S/C20H22ClN3O5S/c21-14-4-2-13(3-5-14)19-17(20(27)23-10-1-11-25)12-18(26)24(19)15-6-8-16(9-7-15)30(22,28)29/h2-9,17,19,25H,1,10-12H2,(H,23,27)(H2,22,28,29)/t17-,19+/m0/s1. The molecule has 30 heavy (non-hydrogen) atoms. The van der Waals surface area contributed by atoms with Gasteiger partial charge in [0.2, 0.25) is 21.8 Å². The van der Waals surface area contributed by atoms with Crippen molar-refractivity contribution in [2.75, 3.05) is 18.1 Å². The van der Waals surface area contributed by atoms with E-state index in [2.05, 4.69) is 5.32 Å². The first kappa shape index (κ1) is 22.2. The van der Waals surface area contributed by atoms with Gasteiger partial charge < -0.3 is 15.3 Å². The Morgan fingerprint density at radius 1 is 1.17 bits per heavy atom. The van der Waals surface area contributed by atoms with E-state index < -0.39 is 22.0 Å². The zero-order chi connectivity index (χ0) is 21.9. The number of nitrogens with two attached hydrogens (primary N) is 1. The summed E-state index contributed by atoms with van der Waals surface area (Å²) in [6, 6.07) is 11.9. The summed E-state index contributed by atoms with van der Waals surface area (Å²) < 4.78 is 23.1. The zero-order valence-corrected chi connectivity index (χ0v) is 17.6. The Morgan fingerprint density at radius 2 is 1.80 bits per heavy atom. The molecule has 0 unspecified atom stereocenters. The van der Waals surface area contributed by atoms with Crippen molar-refractivity contribution in [3.05, 3.63) is 59.1 Å². The number of anilines is 1. The summed E-state index contributed by atoms with van der Waals surface area (Å²) in [4.78, 5) is 27.1. The average Bonchev–Trinajstić information content (AvgIpc) is 3.05. The van der Waals surface area contributed by atoms with Gasteiger partial charge in [-0.2, -0.15) is 0 Å². The van der Waals surface area contributed by atoms with E-state index in [-0.39, 0.29) is 29.7 Å². The van der Waals surface area contributed by atoms with Crippen LogP contribution in [0.1, 0.15) is 24.4 Å². The highest BCUT2D eigenvalue weighted by molar-refractivity contribution is 7.89. The third-order valence-electron chi connectivity index (χ3n) is 4.95. The molecule has 4 N–H and O–H groups in total. The predicted molar refractivity (Wildman–Crippen MR) is 112 cm³/mol. The topological polar surface area (TPSA) is 130 Å². The number of nitrogens with one attached hydrogen (secondary N) is 1. The summed E-state index contributed by atoms with van der Waals surface area (Å²) in [7, 11) is -3.87. The van der Waals surface area contributed by atoms with Gasteiger partial charge in [-0.1, -0.05) is 23.7 Å². The van der Waals surface area contributed by atoms with Crippen LogP contribution in [-0.2, 0) is 19.6 Å². The summed E-state index contributed by atoms with van der Waals surface area (Å²) >= 11 is 5.99. The van der Waals surface area contributed by atoms with Crippen molar-refractivity contribution >= 4 is 39.1 Å². The number of aliphatic hydroxyl groups excluding tert-OH is 1. The second kappa shape index (κ2) is 9.13. The van der Waals surface area contributed by atoms with Crippen LogP contribution in [0.5, 0.6) is 0 Å². The van der Waals surface area contributed by atoms with E-state index in [1.165, 1.54) is 29.2 Å². The van der Waals surface area contributed by atoms with Crippen molar-refractivity contribution in [1.82, 2.24) is 5.32 Å². The number of amides is 2. The number of primary sulfonamides is 1. The number of aliphatic hydroxyl groups is 1. The van der Waals surface area contributed by atoms with Gasteiger partial charge in [0.25, 0.3) is 0 Å². The second-order valence-electron chi connectivity index (χ2n) is 6.98. The molecule has 1 aliphatic heterocycles. The maximum absolute atomic E-state index is 12.9. The molecular formula is C20H22ClN3O5S. The van der Waals surface area contributed by atoms with E-state index in [0.29, 0.717) is 23.7 Å². The number of carbonyl (C=O) groups excluding carboxylic acids is 2. The third-order valence-corrected chi connectivity index (χ3v) is 6.13. The molecule has 1 heterocycles. The zero-order valence-electron chi connectivity index (χ0n) is 16.0. The monoisotopic (exact) mass is 451 g/mol. The summed E-state index contributed by atoms with van der Waals surface area (Å²) in [6.45, 7) is 0.253. The Kier molecular flexibility index (Phi) is 6.77. The van der Waals surface area contributed by atoms with Gasteiger partial charge in [-0.3, -0.25) is 9.59 Å². The molecule has 8 nitrogen and oxygen atoms in total. The van der Waals surface area contributed by atoms with Crippen LogP contribution in [0.2, 0.25) is 5.02 Å². The Morgan fingerprint density at radius 3 is 2.37 bits per heavy atom. The maximum Gasteiger partial charge on any atom is 0.238 e. The van der Waals surface area contributed by atoms with E-state index in [1.807, 2.05) is 0 Å². The molecule has 0 radical (unpaired) electrons. The fourth-order valence-corrected chi connectivity index (χ4v) is 4.17. The van der Waals surface area contributed by atoms with Gasteiger partial charge in [0.1, 0.15) is 0 Å². The van der Waals surface area contributed by atoms with E-state index in [1.54, 1.807) is 24.3 Å². The van der Waals surface area contributed by atoms with Gasteiger partial charge in [0.05, 0.1) is 16.9 Å². The molecule has 0 aliphatic carbocycles. The lowest BCUT2D eigenvalue weighted by molar-refractivity contribution is -0.126. The molecule has 3 rings (SSSR count). The van der Waals surface area contributed by atoms with Crippen LogP contribution in [0, 0.1) is 5.92 Å². The highest BCUT2D eigenvalue weighted by atomic mass is 35.5. The molecule has 1 aliphatic rings. The molecule has 2 aromatic rings. The summed E-state index contributed by atoms with van der Waals surface area (Å²) in [5, 5.41) is 17.4. The molecule has 2 atom stereocenters. The van der Waals surface area contributed by atoms with Crippen molar-refractivity contribution in [2.45, 2.75) is 23.8 Å². The summed E-state index contributed by atoms with van der Waals surface area (Å²) in [5.74, 6) is -1.21. The minimum absolute atomic E-state index is 0.00477. The van der Waals surface area contributed by atoms with E-state index in [0.717, 1.165) is 5.56 Å². The first-order valence-electron chi connectivity index (χ1n) is 9.31. The van der Waals surface area contributed by atoms with Gasteiger partial charge in [-0.15, -0.1) is 0 Å². The van der Waals surface area contributed by atoms with Gasteiger partial charge in [0, 0.05) is 30.3 Å². The number of rotatable bonds is 7. The van der Waals surface area contributed by atoms with Crippen LogP contribution >= 0.6 is 11.6 Å². The van der Waals surface area contributed by atoms with Crippen LogP contribution in [-0.4, -0.2) is 38.5 Å². The van der Waals surface area contributed by atoms with Gasteiger partial charge >= 0.3 is 0 Å². The van der Waals surface area contributed by atoms with E-state index in [4.69, 9.17) is 21.8 Å². The average molecular weight is 452 g/mol. The molecule has 1 saturated heterocycles. The minimum atomic E-state index is -3.87. The summed E-state index contributed by atoms with van der Waals surface area (Å²) in [5.41, 5.74) is 1.18. The number of hydrogen-bond donors (Lipinski definition) is 3. The van der Waals surface area contributed by atoms with Crippen LogP contribution < -0.4 is 15.4 Å². The molecule has 160 valence electrons. The fourth-order valence-electron chi connectivity index (χ4n) is 3.53. The fraction of sp³-hybridized carbons (Fsp3) is 0.300. The SMILES string of the molecule is NS(=O)(=O)c1ccc(N2C(=O)C[C@H](C(=O)NCCCO)[C@H]2c2ccc(Cl)cc2)cc1. The smallest absolute Gasteiger partial charge is 0.238 e. The Hall–Kier alpha value is -2.46. The highest BCUT2D eigenvalue weighted by Crippen LogP contribution is 2.41. The largest absolute Gasteiger partial charge is 0.396 e. The van der Waals surface area contributed by atoms with Crippen molar-refractivity contribution in [2.24, 2.45) is 11.1 Å². The minimum Gasteiger partial charge on any atom is -0.396 e. The van der Waals surface area contributed by atoms with Crippen LogP contribution in [0.15, 0.2) is 53.4 Å². The number of hydrogen-bond acceptors (Lipinski definition) is 5. The molecule has 0 spiro atoms. The van der Waals surface area contributed by atoms with Gasteiger partial charge in [-0.25, -0.2) is 13.6 Å². The van der Waals surface area contributed by atoms with Crippen molar-refractivity contribution in [3.63, 3.8) is 0 Å². The normalized spacial score (nSPS) is 19.2. The molecule has 2 amide bonds. The maximum atomic E-state index is 12.9. The van der Waals surface area contributed by atoms with E-state index >= 15 is 0 Å². The van der Waals surface area contributed by atoms with Gasteiger partial charge in [-0.05, 0) is 48.4 Å². The van der Waals surface area contributed by atoms with Crippen molar-refractivity contribution in [3.8, 4) is 0 Å². The van der Waals surface area contributed by atoms with Gasteiger partial charge in [0.15, 0.2) is 0 Å². The molecular weight excluding hydrogens is 430 g/mol. The lowest BCUT2D eigenvalue weighted by Gasteiger charge is -2.28. The Bertz CT molecular complexity index is 1030. The molecule has 0 aromatic heterocycles. The van der Waals surface area contributed by atoms with Crippen molar-refractivity contribution in [1.29, 1.82) is 0 Å². The van der Waals surface area contributed by atoms with Crippen LogP contribution in [0.25, 0.3) is 0 Å². The summed E-state index contributed by atoms with van der Waals surface area (Å²) in [6.07, 6.45) is 0.409. The van der Waals surface area contributed by atoms with Crippen LogP contribution in [0.4, 0.5) is 5.69 Å². The number of carbonyl (C=O) groups is 2. The lowest BCUT2D eigenvalue weighted by Crippen LogP contribution is -2.36. The predicted octanol–water partition coefficient (Wildman–Crippen LogP) is 1.58. The molecule has 0 saturated carbocycles. The number of benzene rings is 2. The van der Waals surface area contributed by atoms with E-state index in [9.17, 15) is 18.0 Å². The second-order valence-corrected chi connectivity index (χ2v) is 8.98. The lowest BCUT2D eigenvalue weighted by atomic mass is 9.92. The number of sulfonamides is 1.